The molecule has 13 heavy (non-hydrogen) atoms. The zero-order chi connectivity index (χ0) is 9.90. The SMILES string of the molecule is O=S(=O)(O)SCc1cccc(Cl)c1. The fourth-order valence-electron chi connectivity index (χ4n) is 0.769. The molecule has 1 rings (SSSR count). The van der Waals surface area contributed by atoms with Crippen molar-refractivity contribution in [2.45, 2.75) is 5.75 Å². The van der Waals surface area contributed by atoms with E-state index in [1.807, 2.05) is 0 Å². The number of halogens is 1. The van der Waals surface area contributed by atoms with Crippen LogP contribution in [0.1, 0.15) is 5.56 Å². The van der Waals surface area contributed by atoms with Crippen molar-refractivity contribution in [1.29, 1.82) is 0 Å². The van der Waals surface area contributed by atoms with Gasteiger partial charge < -0.3 is 0 Å². The maximum absolute atomic E-state index is 10.4. The van der Waals surface area contributed by atoms with E-state index in [-0.39, 0.29) is 5.75 Å². The predicted molar refractivity (Wildman–Crippen MR) is 54.3 cm³/mol. The van der Waals surface area contributed by atoms with E-state index >= 15 is 0 Å². The quantitative estimate of drug-likeness (QED) is 0.649. The first-order chi connectivity index (χ1) is 5.97. The minimum absolute atomic E-state index is 0.194. The molecule has 0 fully saturated rings. The van der Waals surface area contributed by atoms with Gasteiger partial charge in [-0.2, -0.15) is 8.42 Å². The van der Waals surface area contributed by atoms with Gasteiger partial charge in [0.1, 0.15) is 0 Å². The van der Waals surface area contributed by atoms with Crippen LogP contribution in [-0.4, -0.2) is 13.0 Å². The van der Waals surface area contributed by atoms with Crippen LogP contribution in [0.15, 0.2) is 24.3 Å². The Labute approximate surface area is 85.3 Å². The second-order valence-corrected chi connectivity index (χ2v) is 6.11. The van der Waals surface area contributed by atoms with Crippen LogP contribution in [0.4, 0.5) is 0 Å². The van der Waals surface area contributed by atoms with Crippen molar-refractivity contribution in [2.75, 3.05) is 0 Å². The van der Waals surface area contributed by atoms with E-state index < -0.39 is 9.15 Å². The molecule has 0 radical (unpaired) electrons. The van der Waals surface area contributed by atoms with Gasteiger partial charge in [-0.25, -0.2) is 0 Å². The van der Waals surface area contributed by atoms with Gasteiger partial charge in [0.2, 0.25) is 0 Å². The molecule has 0 saturated heterocycles. The number of hydrogen-bond donors (Lipinski definition) is 1. The first-order valence-corrected chi connectivity index (χ1v) is 6.66. The second-order valence-electron chi connectivity index (χ2n) is 2.32. The molecule has 0 bridgehead atoms. The minimum atomic E-state index is -3.96. The third kappa shape index (κ3) is 4.52. The Morgan fingerprint density at radius 3 is 2.69 bits per heavy atom. The van der Waals surface area contributed by atoms with Crippen molar-refractivity contribution in [3.05, 3.63) is 34.9 Å². The molecular formula is C7H7ClO3S2. The summed E-state index contributed by atoms with van der Waals surface area (Å²) < 4.78 is 29.2. The van der Waals surface area contributed by atoms with Crippen molar-refractivity contribution in [2.24, 2.45) is 0 Å². The maximum atomic E-state index is 10.4. The Morgan fingerprint density at radius 2 is 2.15 bits per heavy atom. The lowest BCUT2D eigenvalue weighted by atomic mass is 10.2. The van der Waals surface area contributed by atoms with Crippen molar-refractivity contribution in [3.8, 4) is 0 Å². The largest absolute Gasteiger partial charge is 0.320 e. The Kier molecular flexibility index (Phi) is 3.61. The van der Waals surface area contributed by atoms with Crippen LogP contribution in [0.25, 0.3) is 0 Å². The third-order valence-electron chi connectivity index (χ3n) is 1.26. The summed E-state index contributed by atoms with van der Waals surface area (Å²) in [5, 5.41) is 0.549. The average molecular weight is 239 g/mol. The molecule has 0 amide bonds. The smallest absolute Gasteiger partial charge is 0.277 e. The van der Waals surface area contributed by atoms with E-state index in [9.17, 15) is 8.42 Å². The van der Waals surface area contributed by atoms with E-state index in [1.165, 1.54) is 0 Å². The van der Waals surface area contributed by atoms with Crippen LogP contribution in [0.5, 0.6) is 0 Å². The van der Waals surface area contributed by atoms with Gasteiger partial charge in [0.05, 0.1) is 0 Å². The molecule has 0 spiro atoms. The highest BCUT2D eigenvalue weighted by atomic mass is 35.5. The van der Waals surface area contributed by atoms with Gasteiger partial charge in [0, 0.05) is 21.6 Å². The van der Waals surface area contributed by atoms with Gasteiger partial charge in [-0.1, -0.05) is 23.7 Å². The molecular weight excluding hydrogens is 232 g/mol. The summed E-state index contributed by atoms with van der Waals surface area (Å²) in [6.45, 7) is 0. The molecule has 0 saturated carbocycles. The lowest BCUT2D eigenvalue weighted by Crippen LogP contribution is -1.90. The topological polar surface area (TPSA) is 54.4 Å². The van der Waals surface area contributed by atoms with Gasteiger partial charge in [0.15, 0.2) is 0 Å². The molecule has 1 aromatic rings. The van der Waals surface area contributed by atoms with Gasteiger partial charge in [-0.15, -0.1) is 0 Å². The Balaban J connectivity index is 2.65. The van der Waals surface area contributed by atoms with Gasteiger partial charge >= 0.3 is 9.15 Å². The lowest BCUT2D eigenvalue weighted by molar-refractivity contribution is 0.503. The highest BCUT2D eigenvalue weighted by Gasteiger charge is 2.05. The normalized spacial score (nSPS) is 11.5. The minimum Gasteiger partial charge on any atom is -0.277 e. The molecule has 0 heterocycles. The lowest BCUT2D eigenvalue weighted by Gasteiger charge is -1.98. The van der Waals surface area contributed by atoms with E-state index in [1.54, 1.807) is 24.3 Å². The standard InChI is InChI=1S/C7H7ClO3S2/c8-7-3-1-2-6(4-7)5-12-13(9,10)11/h1-4H,5H2,(H,9,10,11). The van der Waals surface area contributed by atoms with Crippen LogP contribution in [0, 0.1) is 0 Å². The van der Waals surface area contributed by atoms with Crippen molar-refractivity contribution >= 4 is 31.5 Å². The summed E-state index contributed by atoms with van der Waals surface area (Å²) in [4.78, 5) is 0. The summed E-state index contributed by atoms with van der Waals surface area (Å²) in [5.41, 5.74) is 0.759. The van der Waals surface area contributed by atoms with Gasteiger partial charge in [-0.3, -0.25) is 4.55 Å². The average Bonchev–Trinajstić information content (AvgIpc) is 2.00. The highest BCUT2D eigenvalue weighted by Crippen LogP contribution is 2.19. The molecule has 0 unspecified atom stereocenters. The van der Waals surface area contributed by atoms with Gasteiger partial charge in [-0.05, 0) is 17.7 Å². The predicted octanol–water partition coefficient (Wildman–Crippen LogP) is 2.38. The number of rotatable bonds is 3. The van der Waals surface area contributed by atoms with Crippen LogP contribution >= 0.6 is 22.4 Å². The summed E-state index contributed by atoms with van der Waals surface area (Å²) in [6.07, 6.45) is 0. The molecule has 6 heteroatoms. The number of benzene rings is 1. The maximum Gasteiger partial charge on any atom is 0.320 e. The molecule has 0 aliphatic carbocycles. The summed E-state index contributed by atoms with van der Waals surface area (Å²) in [7, 11) is -3.50. The first-order valence-electron chi connectivity index (χ1n) is 3.34. The Bertz CT molecular complexity index is 388. The van der Waals surface area contributed by atoms with Gasteiger partial charge in [0.25, 0.3) is 0 Å². The molecule has 0 aliphatic rings. The van der Waals surface area contributed by atoms with E-state index in [0.717, 1.165) is 5.56 Å². The van der Waals surface area contributed by atoms with Crippen LogP contribution in [-0.2, 0) is 14.9 Å². The first kappa shape index (κ1) is 10.8. The summed E-state index contributed by atoms with van der Waals surface area (Å²) in [6, 6.07) is 6.81. The van der Waals surface area contributed by atoms with Crippen molar-refractivity contribution < 1.29 is 13.0 Å². The van der Waals surface area contributed by atoms with E-state index in [4.69, 9.17) is 16.2 Å². The van der Waals surface area contributed by atoms with E-state index in [2.05, 4.69) is 0 Å². The van der Waals surface area contributed by atoms with E-state index in [0.29, 0.717) is 15.8 Å². The molecule has 0 atom stereocenters. The summed E-state index contributed by atoms with van der Waals surface area (Å²) >= 11 is 5.67. The molecule has 3 nitrogen and oxygen atoms in total. The number of hydrogen-bond acceptors (Lipinski definition) is 3. The molecule has 1 aromatic carbocycles. The zero-order valence-electron chi connectivity index (χ0n) is 6.47. The van der Waals surface area contributed by atoms with Crippen molar-refractivity contribution in [3.63, 3.8) is 0 Å². The fraction of sp³-hybridized carbons (Fsp3) is 0.143. The fourth-order valence-corrected chi connectivity index (χ4v) is 2.30. The van der Waals surface area contributed by atoms with Crippen molar-refractivity contribution in [1.82, 2.24) is 0 Å². The third-order valence-corrected chi connectivity index (χ3v) is 3.49. The zero-order valence-corrected chi connectivity index (χ0v) is 8.86. The van der Waals surface area contributed by atoms with Crippen LogP contribution in [0.2, 0.25) is 5.02 Å². The molecule has 0 aromatic heterocycles. The Hall–Kier alpha value is -0.230. The molecule has 1 N–H and O–H groups in total. The second kappa shape index (κ2) is 4.32. The summed E-state index contributed by atoms with van der Waals surface area (Å²) in [5.74, 6) is 0.194. The highest BCUT2D eigenvalue weighted by molar-refractivity contribution is 8.69. The van der Waals surface area contributed by atoms with Crippen LogP contribution < -0.4 is 0 Å². The van der Waals surface area contributed by atoms with Crippen LogP contribution in [0.3, 0.4) is 0 Å². The Morgan fingerprint density at radius 1 is 1.46 bits per heavy atom. The molecule has 0 aliphatic heterocycles. The monoisotopic (exact) mass is 238 g/mol. The molecule has 72 valence electrons.